The number of carbonyl (C=O) groups excluding carboxylic acids is 1. The molecule has 1 aliphatic heterocycles. The van der Waals surface area contributed by atoms with E-state index in [1.165, 1.54) is 15.5 Å². The highest BCUT2D eigenvalue weighted by atomic mass is 32.2. The predicted octanol–water partition coefficient (Wildman–Crippen LogP) is 2.93. The van der Waals surface area contributed by atoms with Crippen LogP contribution in [0.1, 0.15) is 36.7 Å². The minimum absolute atomic E-state index is 0.287. The lowest BCUT2D eigenvalue weighted by molar-refractivity contribution is 0.00701. The van der Waals surface area contributed by atoms with Crippen molar-refractivity contribution in [1.82, 2.24) is 0 Å². The van der Waals surface area contributed by atoms with E-state index in [4.69, 9.17) is 10.5 Å². The van der Waals surface area contributed by atoms with E-state index >= 15 is 0 Å². The maximum absolute atomic E-state index is 12.0. The van der Waals surface area contributed by atoms with Crippen molar-refractivity contribution in [2.45, 2.75) is 37.0 Å². The summed E-state index contributed by atoms with van der Waals surface area (Å²) in [5, 5.41) is 0.589. The molecule has 0 saturated heterocycles. The molecule has 0 aliphatic carbocycles. The molecular formula is C11H15NO2S2. The van der Waals surface area contributed by atoms with Gasteiger partial charge in [-0.1, -0.05) is 0 Å². The van der Waals surface area contributed by atoms with Gasteiger partial charge >= 0.3 is 5.97 Å². The lowest BCUT2D eigenvalue weighted by atomic mass is 10.1. The number of anilines is 1. The molecule has 5 heteroatoms. The molecule has 0 radical (unpaired) electrons. The number of hydrogen-bond acceptors (Lipinski definition) is 5. The first-order chi connectivity index (χ1) is 7.38. The largest absolute Gasteiger partial charge is 0.456 e. The maximum Gasteiger partial charge on any atom is 0.341 e. The summed E-state index contributed by atoms with van der Waals surface area (Å²) < 4.78 is 6.55. The number of thioether (sulfide) groups is 1. The summed E-state index contributed by atoms with van der Waals surface area (Å²) in [5.74, 6) is 0.752. The van der Waals surface area contributed by atoms with Crippen LogP contribution in [-0.4, -0.2) is 17.3 Å². The smallest absolute Gasteiger partial charge is 0.341 e. The van der Waals surface area contributed by atoms with Crippen LogP contribution in [0, 0.1) is 0 Å². The normalized spacial score (nSPS) is 14.9. The molecule has 0 fully saturated rings. The number of rotatable bonds is 1. The lowest BCUT2D eigenvalue weighted by Crippen LogP contribution is -2.24. The van der Waals surface area contributed by atoms with Gasteiger partial charge in [0, 0.05) is 5.75 Å². The Kier molecular flexibility index (Phi) is 2.92. The second kappa shape index (κ2) is 3.96. The highest BCUT2D eigenvalue weighted by Crippen LogP contribution is 2.43. The van der Waals surface area contributed by atoms with Crippen LogP contribution in [-0.2, 0) is 11.2 Å². The number of carbonyl (C=O) groups is 1. The van der Waals surface area contributed by atoms with Crippen LogP contribution in [0.4, 0.5) is 5.00 Å². The first-order valence-corrected chi connectivity index (χ1v) is 6.96. The number of esters is 1. The molecule has 0 amide bonds. The van der Waals surface area contributed by atoms with Gasteiger partial charge in [-0.3, -0.25) is 0 Å². The van der Waals surface area contributed by atoms with E-state index in [2.05, 4.69) is 0 Å². The van der Waals surface area contributed by atoms with Crippen LogP contribution in [0.2, 0.25) is 0 Å². The van der Waals surface area contributed by atoms with Gasteiger partial charge in [0.1, 0.15) is 10.6 Å². The molecule has 0 spiro atoms. The van der Waals surface area contributed by atoms with Crippen molar-refractivity contribution in [1.29, 1.82) is 0 Å². The topological polar surface area (TPSA) is 52.3 Å². The molecule has 2 N–H and O–H groups in total. The third kappa shape index (κ3) is 2.20. The zero-order valence-corrected chi connectivity index (χ0v) is 11.3. The van der Waals surface area contributed by atoms with Crippen molar-refractivity contribution in [2.24, 2.45) is 0 Å². The van der Waals surface area contributed by atoms with Gasteiger partial charge < -0.3 is 10.5 Å². The highest BCUT2D eigenvalue weighted by Gasteiger charge is 2.29. The molecule has 3 nitrogen and oxygen atoms in total. The summed E-state index contributed by atoms with van der Waals surface area (Å²) in [6, 6.07) is 0. The zero-order chi connectivity index (χ0) is 11.9. The standard InChI is InChI=1S/C11H15NO2S2/c1-11(2,3)14-9(13)7-6-4-5-15-10(6)16-8(7)12/h4-5,12H2,1-3H3. The van der Waals surface area contributed by atoms with Crippen molar-refractivity contribution < 1.29 is 9.53 Å². The van der Waals surface area contributed by atoms with Gasteiger partial charge in [0.05, 0.1) is 9.77 Å². The Morgan fingerprint density at radius 1 is 1.44 bits per heavy atom. The van der Waals surface area contributed by atoms with Crippen LogP contribution in [0.25, 0.3) is 0 Å². The van der Waals surface area contributed by atoms with E-state index in [9.17, 15) is 4.79 Å². The van der Waals surface area contributed by atoms with Crippen LogP contribution < -0.4 is 5.73 Å². The second-order valence-corrected chi connectivity index (χ2v) is 7.12. The third-order valence-electron chi connectivity index (χ3n) is 2.19. The number of nitrogens with two attached hydrogens (primary N) is 1. The van der Waals surface area contributed by atoms with Crippen molar-refractivity contribution in [3.05, 3.63) is 11.1 Å². The summed E-state index contributed by atoms with van der Waals surface area (Å²) in [5.41, 5.74) is 7.09. The Balaban J connectivity index is 2.30. The number of thiophene rings is 1. The van der Waals surface area contributed by atoms with Gasteiger partial charge in [0.25, 0.3) is 0 Å². The van der Waals surface area contributed by atoms with Crippen LogP contribution >= 0.6 is 23.1 Å². The molecule has 2 heterocycles. The molecule has 1 aromatic rings. The first-order valence-electron chi connectivity index (χ1n) is 5.16. The Hall–Kier alpha value is -0.680. The molecular weight excluding hydrogens is 242 g/mol. The Morgan fingerprint density at radius 3 is 2.75 bits per heavy atom. The number of hydrogen-bond donors (Lipinski definition) is 1. The Bertz CT molecular complexity index is 432. The molecule has 0 saturated carbocycles. The zero-order valence-electron chi connectivity index (χ0n) is 9.62. The molecule has 0 aromatic carbocycles. The van der Waals surface area contributed by atoms with Gasteiger partial charge in [-0.25, -0.2) is 4.79 Å². The number of nitrogen functional groups attached to an aromatic ring is 1. The summed E-state index contributed by atoms with van der Waals surface area (Å²) in [6.45, 7) is 5.59. The van der Waals surface area contributed by atoms with Crippen molar-refractivity contribution in [3.8, 4) is 0 Å². The number of fused-ring (bicyclic) bond motifs is 1. The molecule has 2 rings (SSSR count). The Labute approximate surface area is 103 Å². The fourth-order valence-electron chi connectivity index (χ4n) is 1.61. The molecule has 0 unspecified atom stereocenters. The first kappa shape index (κ1) is 11.8. The molecule has 0 atom stereocenters. The van der Waals surface area contributed by atoms with Crippen molar-refractivity contribution in [3.63, 3.8) is 0 Å². The minimum Gasteiger partial charge on any atom is -0.456 e. The SMILES string of the molecule is CC(C)(C)OC(=O)c1c(N)sc2c1CCS2. The van der Waals surface area contributed by atoms with E-state index in [1.54, 1.807) is 11.8 Å². The van der Waals surface area contributed by atoms with E-state index < -0.39 is 5.60 Å². The van der Waals surface area contributed by atoms with Gasteiger partial charge in [0.2, 0.25) is 0 Å². The highest BCUT2D eigenvalue weighted by molar-refractivity contribution is 8.01. The van der Waals surface area contributed by atoms with Gasteiger partial charge in [-0.15, -0.1) is 23.1 Å². The van der Waals surface area contributed by atoms with Crippen molar-refractivity contribution in [2.75, 3.05) is 11.5 Å². The maximum atomic E-state index is 12.0. The van der Waals surface area contributed by atoms with Gasteiger partial charge in [0.15, 0.2) is 0 Å². The van der Waals surface area contributed by atoms with E-state index in [0.29, 0.717) is 10.6 Å². The van der Waals surface area contributed by atoms with Crippen LogP contribution in [0.15, 0.2) is 4.21 Å². The summed E-state index contributed by atoms with van der Waals surface area (Å²) in [4.78, 5) is 12.0. The molecule has 0 bridgehead atoms. The lowest BCUT2D eigenvalue weighted by Gasteiger charge is -2.19. The average Bonchev–Trinajstić information content (AvgIpc) is 2.58. The molecule has 1 aliphatic rings. The average molecular weight is 257 g/mol. The Morgan fingerprint density at radius 2 is 2.12 bits per heavy atom. The van der Waals surface area contributed by atoms with E-state index in [-0.39, 0.29) is 5.97 Å². The fraction of sp³-hybridized carbons (Fsp3) is 0.545. The summed E-state index contributed by atoms with van der Waals surface area (Å²) in [6.07, 6.45) is 0.919. The van der Waals surface area contributed by atoms with Crippen LogP contribution in [0.5, 0.6) is 0 Å². The summed E-state index contributed by atoms with van der Waals surface area (Å²) in [7, 11) is 0. The van der Waals surface area contributed by atoms with Gasteiger partial charge in [-0.2, -0.15) is 0 Å². The number of ether oxygens (including phenoxy) is 1. The molecule has 88 valence electrons. The van der Waals surface area contributed by atoms with Gasteiger partial charge in [-0.05, 0) is 32.8 Å². The fourth-order valence-corrected chi connectivity index (χ4v) is 4.07. The van der Waals surface area contributed by atoms with Crippen molar-refractivity contribution >= 4 is 34.1 Å². The van der Waals surface area contributed by atoms with E-state index in [1.807, 2.05) is 20.8 Å². The second-order valence-electron chi connectivity index (χ2n) is 4.71. The monoisotopic (exact) mass is 257 g/mol. The summed E-state index contributed by atoms with van der Waals surface area (Å²) >= 11 is 3.27. The predicted molar refractivity (Wildman–Crippen MR) is 68.3 cm³/mol. The third-order valence-corrected chi connectivity index (χ3v) is 4.56. The van der Waals surface area contributed by atoms with Crippen LogP contribution in [0.3, 0.4) is 0 Å². The minimum atomic E-state index is -0.468. The molecule has 1 aromatic heterocycles. The molecule has 16 heavy (non-hydrogen) atoms. The quantitative estimate of drug-likeness (QED) is 0.786. The van der Waals surface area contributed by atoms with E-state index in [0.717, 1.165) is 17.7 Å².